The predicted molar refractivity (Wildman–Crippen MR) is 128 cm³/mol. The zero-order valence-electron chi connectivity index (χ0n) is 18.3. The van der Waals surface area contributed by atoms with Crippen LogP contribution in [-0.2, 0) is 16.6 Å². The lowest BCUT2D eigenvalue weighted by molar-refractivity contribution is 0.0952. The molecule has 0 spiro atoms. The second kappa shape index (κ2) is 9.30. The first-order valence-corrected chi connectivity index (χ1v) is 11.9. The van der Waals surface area contributed by atoms with Crippen molar-refractivity contribution < 1.29 is 13.2 Å². The van der Waals surface area contributed by atoms with Crippen molar-refractivity contribution in [1.82, 2.24) is 14.9 Å². The molecule has 8 heteroatoms. The highest BCUT2D eigenvalue weighted by molar-refractivity contribution is 7.92. The number of carbonyl (C=O) groups excluding carboxylic acids is 1. The van der Waals surface area contributed by atoms with Crippen molar-refractivity contribution in [3.8, 4) is 5.69 Å². The highest BCUT2D eigenvalue weighted by atomic mass is 32.2. The van der Waals surface area contributed by atoms with E-state index in [1.54, 1.807) is 42.6 Å². The second-order valence-electron chi connectivity index (χ2n) is 7.66. The van der Waals surface area contributed by atoms with Crippen LogP contribution in [0.25, 0.3) is 5.69 Å². The first-order chi connectivity index (χ1) is 15.8. The Balaban J connectivity index is 1.46. The largest absolute Gasteiger partial charge is 0.348 e. The van der Waals surface area contributed by atoms with E-state index in [-0.39, 0.29) is 22.1 Å². The van der Waals surface area contributed by atoms with Crippen molar-refractivity contribution in [2.45, 2.75) is 25.3 Å². The molecule has 7 nitrogen and oxygen atoms in total. The smallest absolute Gasteiger partial charge is 0.261 e. The number of aromatic nitrogens is 2. The van der Waals surface area contributed by atoms with Gasteiger partial charge >= 0.3 is 0 Å². The molecule has 1 heterocycles. The molecule has 0 aliphatic heterocycles. The molecule has 33 heavy (non-hydrogen) atoms. The number of carbonyl (C=O) groups is 1. The minimum atomic E-state index is -3.82. The summed E-state index contributed by atoms with van der Waals surface area (Å²) >= 11 is 0. The molecule has 0 unspecified atom stereocenters. The van der Waals surface area contributed by atoms with Crippen molar-refractivity contribution in [2.75, 3.05) is 4.72 Å². The van der Waals surface area contributed by atoms with E-state index in [2.05, 4.69) is 15.0 Å². The SMILES string of the molecule is Cc1ccc(S(=O)(=O)Nc2ccccc2C(=O)NCc2ccc(-n3ccnc3C)cc2)cc1. The van der Waals surface area contributed by atoms with Crippen molar-refractivity contribution >= 4 is 21.6 Å². The van der Waals surface area contributed by atoms with Crippen LogP contribution in [0.3, 0.4) is 0 Å². The second-order valence-corrected chi connectivity index (χ2v) is 9.34. The third-order valence-corrected chi connectivity index (χ3v) is 6.62. The Morgan fingerprint density at radius 1 is 0.939 bits per heavy atom. The van der Waals surface area contributed by atoms with Gasteiger partial charge in [0, 0.05) is 24.6 Å². The average Bonchev–Trinajstić information content (AvgIpc) is 3.24. The van der Waals surface area contributed by atoms with Crippen LogP contribution in [0.4, 0.5) is 5.69 Å². The van der Waals surface area contributed by atoms with E-state index in [1.165, 1.54) is 12.1 Å². The summed E-state index contributed by atoms with van der Waals surface area (Å²) < 4.78 is 30.0. The van der Waals surface area contributed by atoms with E-state index in [1.807, 2.05) is 48.9 Å². The fraction of sp³-hybridized carbons (Fsp3) is 0.120. The van der Waals surface area contributed by atoms with Gasteiger partial charge in [0.1, 0.15) is 5.82 Å². The number of hydrogen-bond acceptors (Lipinski definition) is 4. The Labute approximate surface area is 193 Å². The van der Waals surface area contributed by atoms with Gasteiger partial charge in [-0.05, 0) is 55.8 Å². The summed E-state index contributed by atoms with van der Waals surface area (Å²) in [7, 11) is -3.82. The summed E-state index contributed by atoms with van der Waals surface area (Å²) in [5.41, 5.74) is 3.33. The first-order valence-electron chi connectivity index (χ1n) is 10.4. The van der Waals surface area contributed by atoms with E-state index in [9.17, 15) is 13.2 Å². The Morgan fingerprint density at radius 2 is 1.64 bits per heavy atom. The molecule has 1 amide bonds. The lowest BCUT2D eigenvalue weighted by Gasteiger charge is -2.13. The van der Waals surface area contributed by atoms with E-state index >= 15 is 0 Å². The van der Waals surface area contributed by atoms with Gasteiger partial charge in [0.25, 0.3) is 15.9 Å². The van der Waals surface area contributed by atoms with Gasteiger partial charge < -0.3 is 9.88 Å². The van der Waals surface area contributed by atoms with Gasteiger partial charge in [-0.25, -0.2) is 13.4 Å². The first kappa shape index (κ1) is 22.3. The maximum absolute atomic E-state index is 12.8. The topological polar surface area (TPSA) is 93.1 Å². The zero-order valence-corrected chi connectivity index (χ0v) is 19.1. The highest BCUT2D eigenvalue weighted by Crippen LogP contribution is 2.21. The van der Waals surface area contributed by atoms with Crippen LogP contribution in [0.1, 0.15) is 27.3 Å². The van der Waals surface area contributed by atoms with Crippen molar-refractivity contribution in [3.05, 3.63) is 108 Å². The molecule has 4 aromatic rings. The molecular formula is C25H24N4O3S. The number of hydrogen-bond donors (Lipinski definition) is 2. The Hall–Kier alpha value is -3.91. The molecule has 0 radical (unpaired) electrons. The molecular weight excluding hydrogens is 436 g/mol. The molecule has 0 fully saturated rings. The van der Waals surface area contributed by atoms with Crippen LogP contribution >= 0.6 is 0 Å². The number of nitrogens with zero attached hydrogens (tertiary/aromatic N) is 2. The quantitative estimate of drug-likeness (QED) is 0.432. The van der Waals surface area contributed by atoms with Crippen molar-refractivity contribution in [1.29, 1.82) is 0 Å². The standard InChI is InChI=1S/C25H24N4O3S/c1-18-7-13-22(14-8-18)33(31,32)28-24-6-4-3-5-23(24)25(30)27-17-20-9-11-21(12-10-20)29-16-15-26-19(29)2/h3-16,28H,17H2,1-2H3,(H,27,30). The molecule has 168 valence electrons. The summed E-state index contributed by atoms with van der Waals surface area (Å²) in [6, 6.07) is 20.9. The third kappa shape index (κ3) is 5.12. The van der Waals surface area contributed by atoms with Crippen LogP contribution < -0.4 is 10.0 Å². The molecule has 0 atom stereocenters. The number of anilines is 1. The third-order valence-electron chi connectivity index (χ3n) is 5.24. The minimum Gasteiger partial charge on any atom is -0.348 e. The van der Waals surface area contributed by atoms with Crippen LogP contribution in [-0.4, -0.2) is 23.9 Å². The molecule has 0 aliphatic rings. The number of rotatable bonds is 7. The number of imidazole rings is 1. The Morgan fingerprint density at radius 3 is 2.30 bits per heavy atom. The molecule has 0 bridgehead atoms. The normalized spacial score (nSPS) is 11.2. The number of nitrogens with one attached hydrogen (secondary N) is 2. The van der Waals surface area contributed by atoms with Crippen LogP contribution in [0.5, 0.6) is 0 Å². The van der Waals surface area contributed by atoms with Gasteiger partial charge in [-0.15, -0.1) is 0 Å². The fourth-order valence-corrected chi connectivity index (χ4v) is 4.47. The van der Waals surface area contributed by atoms with Gasteiger partial charge in [0.05, 0.1) is 16.1 Å². The summed E-state index contributed by atoms with van der Waals surface area (Å²) in [6.07, 6.45) is 3.63. The monoisotopic (exact) mass is 460 g/mol. The maximum atomic E-state index is 12.8. The van der Waals surface area contributed by atoms with E-state index < -0.39 is 10.0 Å². The number of amides is 1. The number of benzene rings is 3. The number of aryl methyl sites for hydroxylation is 2. The van der Waals surface area contributed by atoms with E-state index in [4.69, 9.17) is 0 Å². The molecule has 2 N–H and O–H groups in total. The van der Waals surface area contributed by atoms with Crippen molar-refractivity contribution in [2.24, 2.45) is 0 Å². The number of sulfonamides is 1. The van der Waals surface area contributed by atoms with Gasteiger partial charge in [-0.1, -0.05) is 42.0 Å². The fourth-order valence-electron chi connectivity index (χ4n) is 3.39. The lowest BCUT2D eigenvalue weighted by Crippen LogP contribution is -2.25. The van der Waals surface area contributed by atoms with E-state index in [0.29, 0.717) is 6.54 Å². The lowest BCUT2D eigenvalue weighted by atomic mass is 10.1. The van der Waals surface area contributed by atoms with Gasteiger partial charge in [0.2, 0.25) is 0 Å². The summed E-state index contributed by atoms with van der Waals surface area (Å²) in [5, 5.41) is 2.86. The number of para-hydroxylation sites is 1. The minimum absolute atomic E-state index is 0.136. The van der Waals surface area contributed by atoms with Gasteiger partial charge in [0.15, 0.2) is 0 Å². The maximum Gasteiger partial charge on any atom is 0.261 e. The summed E-state index contributed by atoms with van der Waals surface area (Å²) in [4.78, 5) is 17.2. The predicted octanol–water partition coefficient (Wildman–Crippen LogP) is 4.22. The molecule has 1 aromatic heterocycles. The van der Waals surface area contributed by atoms with Crippen LogP contribution in [0, 0.1) is 13.8 Å². The summed E-state index contributed by atoms with van der Waals surface area (Å²) in [6.45, 7) is 4.12. The molecule has 3 aromatic carbocycles. The highest BCUT2D eigenvalue weighted by Gasteiger charge is 2.18. The van der Waals surface area contributed by atoms with Crippen LogP contribution in [0.2, 0.25) is 0 Å². The molecule has 0 aliphatic carbocycles. The zero-order chi connectivity index (χ0) is 23.4. The summed E-state index contributed by atoms with van der Waals surface area (Å²) in [5.74, 6) is 0.521. The van der Waals surface area contributed by atoms with E-state index in [0.717, 1.165) is 22.6 Å². The molecule has 0 saturated heterocycles. The molecule has 0 saturated carbocycles. The Kier molecular flexibility index (Phi) is 6.28. The Bertz CT molecular complexity index is 1380. The average molecular weight is 461 g/mol. The van der Waals surface area contributed by atoms with Crippen molar-refractivity contribution in [3.63, 3.8) is 0 Å². The molecule has 4 rings (SSSR count). The van der Waals surface area contributed by atoms with Crippen LogP contribution in [0.15, 0.2) is 90.1 Å². The van der Waals surface area contributed by atoms with Gasteiger partial charge in [-0.2, -0.15) is 0 Å². The van der Waals surface area contributed by atoms with Gasteiger partial charge in [-0.3, -0.25) is 9.52 Å².